The van der Waals surface area contributed by atoms with Crippen LogP contribution in [0, 0.1) is 18.6 Å². The van der Waals surface area contributed by atoms with E-state index < -0.39 is 51.8 Å². The second kappa shape index (κ2) is 12.4. The van der Waals surface area contributed by atoms with Gasteiger partial charge >= 0.3 is 0 Å². The standard InChI is InChI=1S/C26H26F2N4O5S/c1-16-6-9-18(10-7-16)38(36,37)32-23(15-24(29)33)26(35)31-13-12-30-25(34)20-14-17(8-11-22(20)28)19-4-2-3-5-21(19)27/h2-11,14,23,32H,12-13,15H2,1H3,(H2,29,33)(H,30,34)(H,31,35)/t23-/m0/s1. The molecule has 1 atom stereocenters. The predicted octanol–water partition coefficient (Wildman–Crippen LogP) is 2.01. The highest BCUT2D eigenvalue weighted by molar-refractivity contribution is 7.89. The maximum absolute atomic E-state index is 14.3. The predicted molar refractivity (Wildman–Crippen MR) is 136 cm³/mol. The first-order chi connectivity index (χ1) is 18.0. The summed E-state index contributed by atoms with van der Waals surface area (Å²) in [5.74, 6) is -3.91. The molecule has 0 saturated carbocycles. The van der Waals surface area contributed by atoms with Crippen molar-refractivity contribution < 1.29 is 31.6 Å². The lowest BCUT2D eigenvalue weighted by molar-refractivity contribution is -0.126. The van der Waals surface area contributed by atoms with Crippen molar-refractivity contribution in [2.45, 2.75) is 24.3 Å². The molecule has 3 amide bonds. The van der Waals surface area contributed by atoms with Crippen molar-refractivity contribution in [3.8, 4) is 11.1 Å². The Morgan fingerprint density at radius 2 is 1.55 bits per heavy atom. The van der Waals surface area contributed by atoms with Gasteiger partial charge in [0.05, 0.1) is 16.9 Å². The first-order valence-electron chi connectivity index (χ1n) is 11.5. The van der Waals surface area contributed by atoms with Crippen LogP contribution in [0.2, 0.25) is 0 Å². The minimum absolute atomic E-state index is 0.0997. The molecule has 3 aromatic rings. The summed E-state index contributed by atoms with van der Waals surface area (Å²) in [4.78, 5) is 36.4. The van der Waals surface area contributed by atoms with Crippen LogP contribution in [0.5, 0.6) is 0 Å². The summed E-state index contributed by atoms with van der Waals surface area (Å²) in [5.41, 5.74) is 6.18. The summed E-state index contributed by atoms with van der Waals surface area (Å²) in [6, 6.07) is 13.8. The minimum Gasteiger partial charge on any atom is -0.370 e. The van der Waals surface area contributed by atoms with Crippen molar-refractivity contribution in [3.63, 3.8) is 0 Å². The van der Waals surface area contributed by atoms with Crippen LogP contribution >= 0.6 is 0 Å². The molecule has 0 aliphatic rings. The maximum Gasteiger partial charge on any atom is 0.254 e. The number of amides is 3. The number of nitrogens with two attached hydrogens (primary N) is 1. The van der Waals surface area contributed by atoms with Crippen LogP contribution in [-0.2, 0) is 19.6 Å². The summed E-state index contributed by atoms with van der Waals surface area (Å²) in [6.45, 7) is 1.46. The average molecular weight is 545 g/mol. The van der Waals surface area contributed by atoms with Crippen molar-refractivity contribution in [2.75, 3.05) is 13.1 Å². The Labute approximate surface area is 218 Å². The van der Waals surface area contributed by atoms with E-state index in [-0.39, 0.29) is 29.1 Å². The molecule has 0 saturated heterocycles. The molecule has 0 fully saturated rings. The number of primary amides is 1. The molecule has 0 radical (unpaired) electrons. The van der Waals surface area contributed by atoms with Crippen molar-refractivity contribution in [2.24, 2.45) is 5.73 Å². The zero-order valence-corrected chi connectivity index (χ0v) is 21.1. The third-order valence-corrected chi connectivity index (χ3v) is 6.94. The molecule has 0 heterocycles. The second-order valence-electron chi connectivity index (χ2n) is 8.38. The van der Waals surface area contributed by atoms with Gasteiger partial charge in [0.2, 0.25) is 21.8 Å². The number of aryl methyl sites for hydroxylation is 1. The van der Waals surface area contributed by atoms with E-state index in [2.05, 4.69) is 15.4 Å². The van der Waals surface area contributed by atoms with E-state index in [1.54, 1.807) is 25.1 Å². The monoisotopic (exact) mass is 544 g/mol. The van der Waals surface area contributed by atoms with Gasteiger partial charge in [-0.15, -0.1) is 0 Å². The summed E-state index contributed by atoms with van der Waals surface area (Å²) in [5, 5.41) is 4.84. The molecule has 38 heavy (non-hydrogen) atoms. The third kappa shape index (κ3) is 7.43. The van der Waals surface area contributed by atoms with E-state index in [9.17, 15) is 31.6 Å². The Kier molecular flexibility index (Phi) is 9.26. The summed E-state index contributed by atoms with van der Waals surface area (Å²) in [6.07, 6.45) is -0.600. The second-order valence-corrected chi connectivity index (χ2v) is 10.1. The van der Waals surface area contributed by atoms with Crippen molar-refractivity contribution in [1.82, 2.24) is 15.4 Å². The Balaban J connectivity index is 1.60. The van der Waals surface area contributed by atoms with Crippen LogP contribution in [0.15, 0.2) is 71.6 Å². The number of hydrogen-bond donors (Lipinski definition) is 4. The Hall–Kier alpha value is -4.16. The van der Waals surface area contributed by atoms with Crippen LogP contribution in [-0.4, -0.2) is 45.3 Å². The molecule has 9 nitrogen and oxygen atoms in total. The van der Waals surface area contributed by atoms with Crippen LogP contribution < -0.4 is 21.1 Å². The number of benzene rings is 3. The molecule has 200 valence electrons. The summed E-state index contributed by atoms with van der Waals surface area (Å²) in [7, 11) is -4.14. The first-order valence-corrected chi connectivity index (χ1v) is 12.9. The lowest BCUT2D eigenvalue weighted by Crippen LogP contribution is -2.49. The Bertz CT molecular complexity index is 1450. The number of hydrogen-bond acceptors (Lipinski definition) is 5. The summed E-state index contributed by atoms with van der Waals surface area (Å²) >= 11 is 0. The maximum atomic E-state index is 14.3. The molecular formula is C26H26F2N4O5S. The van der Waals surface area contributed by atoms with Gasteiger partial charge in [0, 0.05) is 18.7 Å². The lowest BCUT2D eigenvalue weighted by atomic mass is 10.0. The van der Waals surface area contributed by atoms with Gasteiger partial charge in [-0.25, -0.2) is 17.2 Å². The van der Waals surface area contributed by atoms with Gasteiger partial charge < -0.3 is 16.4 Å². The van der Waals surface area contributed by atoms with Crippen LogP contribution in [0.4, 0.5) is 8.78 Å². The van der Waals surface area contributed by atoms with Gasteiger partial charge in [0.15, 0.2) is 0 Å². The Morgan fingerprint density at radius 3 is 2.21 bits per heavy atom. The normalized spacial score (nSPS) is 12.0. The molecule has 0 aromatic heterocycles. The molecule has 0 aliphatic carbocycles. The Morgan fingerprint density at radius 1 is 0.895 bits per heavy atom. The molecular weight excluding hydrogens is 518 g/mol. The van der Waals surface area contributed by atoms with Gasteiger partial charge in [-0.2, -0.15) is 4.72 Å². The van der Waals surface area contributed by atoms with Crippen molar-refractivity contribution >= 4 is 27.7 Å². The van der Waals surface area contributed by atoms with E-state index in [0.29, 0.717) is 5.56 Å². The highest BCUT2D eigenvalue weighted by Gasteiger charge is 2.27. The zero-order chi connectivity index (χ0) is 27.9. The SMILES string of the molecule is Cc1ccc(S(=O)(=O)N[C@@H](CC(N)=O)C(=O)NCCNC(=O)c2cc(-c3ccccc3F)ccc2F)cc1. The quantitative estimate of drug-likeness (QED) is 0.273. The molecule has 0 bridgehead atoms. The lowest BCUT2D eigenvalue weighted by Gasteiger charge is -2.17. The van der Waals surface area contributed by atoms with Crippen molar-refractivity contribution in [1.29, 1.82) is 0 Å². The zero-order valence-electron chi connectivity index (χ0n) is 20.3. The van der Waals surface area contributed by atoms with Crippen molar-refractivity contribution in [3.05, 3.63) is 89.5 Å². The number of rotatable bonds is 11. The number of sulfonamides is 1. The molecule has 0 spiro atoms. The largest absolute Gasteiger partial charge is 0.370 e. The molecule has 5 N–H and O–H groups in total. The van der Waals surface area contributed by atoms with E-state index in [1.807, 2.05) is 0 Å². The van der Waals surface area contributed by atoms with E-state index in [1.165, 1.54) is 42.5 Å². The first kappa shape index (κ1) is 28.4. The topological polar surface area (TPSA) is 147 Å². The van der Waals surface area contributed by atoms with E-state index >= 15 is 0 Å². The fraction of sp³-hybridized carbons (Fsp3) is 0.192. The smallest absolute Gasteiger partial charge is 0.254 e. The van der Waals surface area contributed by atoms with Gasteiger partial charge in [0.25, 0.3) is 5.91 Å². The molecule has 3 aromatic carbocycles. The highest BCUT2D eigenvalue weighted by atomic mass is 32.2. The van der Waals surface area contributed by atoms with Gasteiger partial charge in [0.1, 0.15) is 17.7 Å². The van der Waals surface area contributed by atoms with E-state index in [0.717, 1.165) is 11.6 Å². The highest BCUT2D eigenvalue weighted by Crippen LogP contribution is 2.24. The fourth-order valence-corrected chi connectivity index (χ4v) is 4.70. The average Bonchev–Trinajstić information content (AvgIpc) is 2.86. The van der Waals surface area contributed by atoms with Crippen LogP contribution in [0.1, 0.15) is 22.3 Å². The van der Waals surface area contributed by atoms with Gasteiger partial charge in [-0.05, 0) is 42.8 Å². The van der Waals surface area contributed by atoms with Crippen LogP contribution in [0.25, 0.3) is 11.1 Å². The number of nitrogens with one attached hydrogen (secondary N) is 3. The van der Waals surface area contributed by atoms with Gasteiger partial charge in [-0.1, -0.05) is 42.0 Å². The molecule has 3 rings (SSSR count). The number of halogens is 2. The molecule has 0 unspecified atom stereocenters. The number of carbonyl (C=O) groups excluding carboxylic acids is 3. The van der Waals surface area contributed by atoms with E-state index in [4.69, 9.17) is 5.73 Å². The van der Waals surface area contributed by atoms with Crippen LogP contribution in [0.3, 0.4) is 0 Å². The third-order valence-electron chi connectivity index (χ3n) is 5.46. The van der Waals surface area contributed by atoms with Gasteiger partial charge in [-0.3, -0.25) is 14.4 Å². The molecule has 0 aliphatic heterocycles. The summed E-state index contributed by atoms with van der Waals surface area (Å²) < 4.78 is 55.8. The fourth-order valence-electron chi connectivity index (χ4n) is 3.50. The minimum atomic E-state index is -4.14. The number of carbonyl (C=O) groups is 3. The molecule has 12 heteroatoms.